The van der Waals surface area contributed by atoms with Crippen molar-refractivity contribution in [2.75, 3.05) is 24.5 Å². The molecule has 0 unspecified atom stereocenters. The van der Waals surface area contributed by atoms with Crippen molar-refractivity contribution in [3.05, 3.63) is 53.3 Å². The van der Waals surface area contributed by atoms with Crippen molar-refractivity contribution in [2.45, 2.75) is 39.2 Å². The molecule has 0 radical (unpaired) electrons. The lowest BCUT2D eigenvalue weighted by Crippen LogP contribution is -2.39. The van der Waals surface area contributed by atoms with Gasteiger partial charge in [-0.3, -0.25) is 4.79 Å². The van der Waals surface area contributed by atoms with Crippen LogP contribution in [-0.2, 0) is 17.8 Å². The molecular formula is C22H26N6O. The molecule has 0 aliphatic carbocycles. The summed E-state index contributed by atoms with van der Waals surface area (Å²) < 4.78 is 1.79. The van der Waals surface area contributed by atoms with Crippen LogP contribution < -0.4 is 4.90 Å². The van der Waals surface area contributed by atoms with Crippen LogP contribution in [0.3, 0.4) is 0 Å². The van der Waals surface area contributed by atoms with Gasteiger partial charge in [-0.2, -0.15) is 4.52 Å². The van der Waals surface area contributed by atoms with Gasteiger partial charge < -0.3 is 9.80 Å². The van der Waals surface area contributed by atoms with E-state index in [1.54, 1.807) is 4.52 Å². The predicted molar refractivity (Wildman–Crippen MR) is 111 cm³/mol. The first-order valence-electron chi connectivity index (χ1n) is 10.5. The summed E-state index contributed by atoms with van der Waals surface area (Å²) >= 11 is 0. The number of aromatic nitrogens is 4. The first-order chi connectivity index (χ1) is 14.2. The predicted octanol–water partition coefficient (Wildman–Crippen LogP) is 2.62. The van der Waals surface area contributed by atoms with Crippen LogP contribution >= 0.6 is 0 Å². The number of carbonyl (C=O) groups excluding carboxylic acids is 1. The van der Waals surface area contributed by atoms with Crippen LogP contribution in [0, 0.1) is 12.8 Å². The Labute approximate surface area is 170 Å². The second-order valence-corrected chi connectivity index (χ2v) is 8.18. The largest absolute Gasteiger partial charge is 0.355 e. The van der Waals surface area contributed by atoms with Gasteiger partial charge in [-0.15, -0.1) is 15.3 Å². The van der Waals surface area contributed by atoms with Crippen LogP contribution in [0.4, 0.5) is 5.82 Å². The summed E-state index contributed by atoms with van der Waals surface area (Å²) in [6, 6.07) is 12.5. The highest BCUT2D eigenvalue weighted by molar-refractivity contribution is 5.76. The second-order valence-electron chi connectivity index (χ2n) is 8.18. The summed E-state index contributed by atoms with van der Waals surface area (Å²) in [5, 5.41) is 12.9. The number of benzene rings is 1. The number of nitrogens with zero attached hydrogens (tertiary/aromatic N) is 6. The molecule has 29 heavy (non-hydrogen) atoms. The zero-order chi connectivity index (χ0) is 19.8. The number of rotatable bonds is 3. The number of fused-ring (bicyclic) bond motifs is 2. The molecule has 1 saturated heterocycles. The highest BCUT2D eigenvalue weighted by Crippen LogP contribution is 2.26. The number of amides is 1. The van der Waals surface area contributed by atoms with E-state index in [1.165, 1.54) is 11.1 Å². The molecule has 7 heteroatoms. The molecule has 2 aromatic heterocycles. The van der Waals surface area contributed by atoms with Gasteiger partial charge >= 0.3 is 0 Å². The molecule has 5 rings (SSSR count). The fraction of sp³-hybridized carbons (Fsp3) is 0.455. The average Bonchev–Trinajstić information content (AvgIpc) is 3.14. The number of hydrogen-bond donors (Lipinski definition) is 0. The Hall–Kier alpha value is -2.96. The molecule has 150 valence electrons. The summed E-state index contributed by atoms with van der Waals surface area (Å²) in [6.45, 7) is 5.38. The van der Waals surface area contributed by atoms with Crippen LogP contribution in [0.25, 0.3) is 5.65 Å². The van der Waals surface area contributed by atoms with Gasteiger partial charge in [-0.05, 0) is 55.4 Å². The van der Waals surface area contributed by atoms with Gasteiger partial charge in [0.2, 0.25) is 5.91 Å². The van der Waals surface area contributed by atoms with E-state index >= 15 is 0 Å². The number of aryl methyl sites for hydroxylation is 1. The van der Waals surface area contributed by atoms with Gasteiger partial charge in [-0.25, -0.2) is 0 Å². The molecule has 1 fully saturated rings. The smallest absolute Gasteiger partial charge is 0.223 e. The zero-order valence-electron chi connectivity index (χ0n) is 16.8. The van der Waals surface area contributed by atoms with Gasteiger partial charge in [0.25, 0.3) is 0 Å². The summed E-state index contributed by atoms with van der Waals surface area (Å²) in [5.74, 6) is 2.51. The van der Waals surface area contributed by atoms with Gasteiger partial charge in [-0.1, -0.05) is 24.3 Å². The maximum Gasteiger partial charge on any atom is 0.223 e. The van der Waals surface area contributed by atoms with Crippen LogP contribution in [0.15, 0.2) is 36.4 Å². The fourth-order valence-electron chi connectivity index (χ4n) is 4.51. The number of piperidine rings is 1. The Morgan fingerprint density at radius 1 is 1.03 bits per heavy atom. The monoisotopic (exact) mass is 390 g/mol. The minimum atomic E-state index is 0.303. The van der Waals surface area contributed by atoms with Crippen LogP contribution in [0.5, 0.6) is 0 Å². The molecule has 0 N–H and O–H groups in total. The Morgan fingerprint density at radius 3 is 2.66 bits per heavy atom. The van der Waals surface area contributed by atoms with Crippen LogP contribution in [0.2, 0.25) is 0 Å². The van der Waals surface area contributed by atoms with Crippen molar-refractivity contribution >= 4 is 17.4 Å². The van der Waals surface area contributed by atoms with E-state index < -0.39 is 0 Å². The lowest BCUT2D eigenvalue weighted by Gasteiger charge is -2.34. The molecule has 4 heterocycles. The first kappa shape index (κ1) is 18.1. The molecule has 1 amide bonds. The van der Waals surface area contributed by atoms with Crippen molar-refractivity contribution in [1.29, 1.82) is 0 Å². The van der Waals surface area contributed by atoms with E-state index in [2.05, 4.69) is 44.5 Å². The van der Waals surface area contributed by atoms with E-state index in [0.717, 1.165) is 62.7 Å². The van der Waals surface area contributed by atoms with Crippen molar-refractivity contribution < 1.29 is 4.79 Å². The van der Waals surface area contributed by atoms with Gasteiger partial charge in [0.15, 0.2) is 11.5 Å². The van der Waals surface area contributed by atoms with E-state index in [1.807, 2.05) is 24.0 Å². The number of anilines is 1. The van der Waals surface area contributed by atoms with E-state index in [0.29, 0.717) is 18.2 Å². The third-order valence-corrected chi connectivity index (χ3v) is 6.29. The molecule has 2 aliphatic rings. The summed E-state index contributed by atoms with van der Waals surface area (Å²) in [7, 11) is 0. The molecule has 0 saturated carbocycles. The summed E-state index contributed by atoms with van der Waals surface area (Å²) in [4.78, 5) is 17.2. The van der Waals surface area contributed by atoms with Crippen LogP contribution in [-0.4, -0.2) is 50.3 Å². The fourth-order valence-corrected chi connectivity index (χ4v) is 4.51. The van der Waals surface area contributed by atoms with E-state index in [9.17, 15) is 4.79 Å². The number of carbonyl (C=O) groups is 1. The Kier molecular flexibility index (Phi) is 4.66. The van der Waals surface area contributed by atoms with E-state index in [-0.39, 0.29) is 0 Å². The summed E-state index contributed by atoms with van der Waals surface area (Å²) in [5.41, 5.74) is 3.46. The minimum Gasteiger partial charge on any atom is -0.355 e. The lowest BCUT2D eigenvalue weighted by molar-refractivity contribution is -0.133. The average molecular weight is 390 g/mol. The third kappa shape index (κ3) is 3.57. The van der Waals surface area contributed by atoms with Crippen molar-refractivity contribution in [3.63, 3.8) is 0 Å². The normalized spacial score (nSPS) is 17.6. The van der Waals surface area contributed by atoms with Crippen molar-refractivity contribution in [3.8, 4) is 0 Å². The van der Waals surface area contributed by atoms with Gasteiger partial charge in [0.1, 0.15) is 5.82 Å². The minimum absolute atomic E-state index is 0.303. The maximum absolute atomic E-state index is 12.9. The van der Waals surface area contributed by atoms with Gasteiger partial charge in [0.05, 0.1) is 0 Å². The Balaban J connectivity index is 1.18. The van der Waals surface area contributed by atoms with Crippen molar-refractivity contribution in [1.82, 2.24) is 24.7 Å². The second kappa shape index (κ2) is 7.46. The molecule has 0 bridgehead atoms. The maximum atomic E-state index is 12.9. The zero-order valence-corrected chi connectivity index (χ0v) is 16.8. The molecule has 7 nitrogen and oxygen atoms in total. The number of hydrogen-bond acceptors (Lipinski definition) is 5. The standard InChI is InChI=1S/C22H26N6O/c1-16-23-24-20-6-7-21(25-28(16)20)26-11-8-17(9-12-26)14-22(29)27-13-10-18-4-2-3-5-19(18)15-27/h2-7,17H,8-15H2,1H3. The molecule has 2 aliphatic heterocycles. The molecule has 1 aromatic carbocycles. The highest BCUT2D eigenvalue weighted by atomic mass is 16.2. The Bertz CT molecular complexity index is 1040. The van der Waals surface area contributed by atoms with Crippen molar-refractivity contribution in [2.24, 2.45) is 5.92 Å². The summed E-state index contributed by atoms with van der Waals surface area (Å²) in [6.07, 6.45) is 3.68. The topological polar surface area (TPSA) is 66.6 Å². The SMILES string of the molecule is Cc1nnc2ccc(N3CCC(CC(=O)N4CCc5ccccc5C4)CC3)nn12. The quantitative estimate of drug-likeness (QED) is 0.688. The van der Waals surface area contributed by atoms with Gasteiger partial charge in [0, 0.05) is 32.6 Å². The third-order valence-electron chi connectivity index (χ3n) is 6.29. The molecule has 0 atom stereocenters. The molecule has 3 aromatic rings. The van der Waals surface area contributed by atoms with Crippen LogP contribution in [0.1, 0.15) is 36.2 Å². The van der Waals surface area contributed by atoms with E-state index in [4.69, 9.17) is 0 Å². The Morgan fingerprint density at radius 2 is 1.83 bits per heavy atom. The molecular weight excluding hydrogens is 364 g/mol. The highest BCUT2D eigenvalue weighted by Gasteiger charge is 2.26. The molecule has 0 spiro atoms. The lowest BCUT2D eigenvalue weighted by atomic mass is 9.92. The first-order valence-corrected chi connectivity index (χ1v) is 10.5.